The van der Waals surface area contributed by atoms with Crippen LogP contribution in [-0.2, 0) is 19.7 Å². The topological polar surface area (TPSA) is 49.5 Å². The van der Waals surface area contributed by atoms with E-state index in [1.807, 2.05) is 30.3 Å². The average Bonchev–Trinajstić information content (AvgIpc) is 2.42. The quantitative estimate of drug-likeness (QED) is 0.808. The molecule has 0 aliphatic carbocycles. The maximum atomic E-state index is 9.01. The van der Waals surface area contributed by atoms with Crippen molar-refractivity contribution in [2.75, 3.05) is 12.8 Å². The molecule has 0 aliphatic heterocycles. The summed E-state index contributed by atoms with van der Waals surface area (Å²) in [6, 6.07) is 16.0. The van der Waals surface area contributed by atoms with E-state index in [1.54, 1.807) is 0 Å². The fraction of sp³-hybridized carbons (Fsp3) is 0.250. The molecule has 0 aliphatic rings. The minimum Gasteiger partial charge on any atom is -0.398 e. The first-order valence-electron chi connectivity index (χ1n) is 6.39. The number of rotatable bonds is 5. The summed E-state index contributed by atoms with van der Waals surface area (Å²) in [5.74, 6) is 0. The van der Waals surface area contributed by atoms with E-state index in [2.05, 4.69) is 30.1 Å². The Morgan fingerprint density at radius 1 is 0.947 bits per heavy atom. The fourth-order valence-corrected chi connectivity index (χ4v) is 2.09. The number of para-hydroxylation sites is 1. The number of aliphatic hydroxyl groups excluding tert-OH is 1. The number of hydrogen-bond acceptors (Lipinski definition) is 3. The summed E-state index contributed by atoms with van der Waals surface area (Å²) in [6.45, 7) is 1.78. The van der Waals surface area contributed by atoms with Crippen LogP contribution >= 0.6 is 0 Å². The molecule has 0 amide bonds. The molecule has 0 aromatic heterocycles. The molecule has 0 atom stereocenters. The van der Waals surface area contributed by atoms with Gasteiger partial charge >= 0.3 is 0 Å². The van der Waals surface area contributed by atoms with Gasteiger partial charge in [-0.15, -0.1) is 0 Å². The smallest absolute Gasteiger partial charge is 0.0681 e. The summed E-state index contributed by atoms with van der Waals surface area (Å²) < 4.78 is 0. The van der Waals surface area contributed by atoms with E-state index in [1.165, 1.54) is 5.56 Å². The van der Waals surface area contributed by atoms with Crippen LogP contribution in [0.4, 0.5) is 5.69 Å². The molecule has 2 rings (SSSR count). The summed E-state index contributed by atoms with van der Waals surface area (Å²) in [5.41, 5.74) is 10.1. The first kappa shape index (κ1) is 13.6. The van der Waals surface area contributed by atoms with Gasteiger partial charge in [0.2, 0.25) is 0 Å². The Labute approximate surface area is 114 Å². The van der Waals surface area contributed by atoms with Gasteiger partial charge in [-0.2, -0.15) is 0 Å². The van der Waals surface area contributed by atoms with E-state index in [-0.39, 0.29) is 6.61 Å². The van der Waals surface area contributed by atoms with Crippen LogP contribution < -0.4 is 5.73 Å². The zero-order valence-electron chi connectivity index (χ0n) is 11.2. The van der Waals surface area contributed by atoms with E-state index in [0.29, 0.717) is 0 Å². The molecule has 3 heteroatoms. The molecule has 0 saturated heterocycles. The average molecular weight is 256 g/mol. The number of benzene rings is 2. The Bertz CT molecular complexity index is 523. The van der Waals surface area contributed by atoms with Gasteiger partial charge in [0, 0.05) is 18.8 Å². The number of nitrogens with two attached hydrogens (primary N) is 1. The number of hydrogen-bond donors (Lipinski definition) is 2. The van der Waals surface area contributed by atoms with Gasteiger partial charge in [-0.1, -0.05) is 42.5 Å². The summed E-state index contributed by atoms with van der Waals surface area (Å²) in [4.78, 5) is 2.22. The highest BCUT2D eigenvalue weighted by molar-refractivity contribution is 5.46. The van der Waals surface area contributed by atoms with Crippen molar-refractivity contribution in [1.82, 2.24) is 4.90 Å². The summed E-state index contributed by atoms with van der Waals surface area (Å²) in [5, 5.41) is 9.01. The van der Waals surface area contributed by atoms with E-state index in [0.717, 1.165) is 29.9 Å². The van der Waals surface area contributed by atoms with Crippen LogP contribution in [0.15, 0.2) is 48.5 Å². The molecular formula is C16H20N2O. The molecular weight excluding hydrogens is 236 g/mol. The van der Waals surface area contributed by atoms with Gasteiger partial charge in [0.1, 0.15) is 0 Å². The number of nitrogens with zero attached hydrogens (tertiary/aromatic N) is 1. The van der Waals surface area contributed by atoms with Crippen molar-refractivity contribution in [3.63, 3.8) is 0 Å². The summed E-state index contributed by atoms with van der Waals surface area (Å²) in [7, 11) is 2.08. The van der Waals surface area contributed by atoms with Crippen LogP contribution in [0.3, 0.4) is 0 Å². The molecule has 0 spiro atoms. The Morgan fingerprint density at radius 2 is 1.58 bits per heavy atom. The second-order valence-electron chi connectivity index (χ2n) is 4.85. The van der Waals surface area contributed by atoms with Gasteiger partial charge in [0.25, 0.3) is 0 Å². The van der Waals surface area contributed by atoms with Crippen molar-refractivity contribution in [2.24, 2.45) is 0 Å². The Kier molecular flexibility index (Phi) is 4.55. The Morgan fingerprint density at radius 3 is 2.21 bits per heavy atom. The zero-order chi connectivity index (χ0) is 13.7. The molecule has 19 heavy (non-hydrogen) atoms. The van der Waals surface area contributed by atoms with Crippen LogP contribution in [0.25, 0.3) is 0 Å². The molecule has 0 fully saturated rings. The SMILES string of the molecule is CN(Cc1ccc(CO)cc1)Cc1ccccc1N. The second-order valence-corrected chi connectivity index (χ2v) is 4.85. The van der Waals surface area contributed by atoms with Crippen molar-refractivity contribution in [1.29, 1.82) is 0 Å². The normalized spacial score (nSPS) is 10.9. The largest absolute Gasteiger partial charge is 0.398 e. The summed E-state index contributed by atoms with van der Waals surface area (Å²) >= 11 is 0. The predicted molar refractivity (Wildman–Crippen MR) is 78.4 cm³/mol. The third kappa shape index (κ3) is 3.81. The molecule has 0 radical (unpaired) electrons. The lowest BCUT2D eigenvalue weighted by molar-refractivity contribution is 0.281. The number of nitrogen functional groups attached to an aromatic ring is 1. The van der Waals surface area contributed by atoms with Gasteiger partial charge in [0.05, 0.1) is 6.61 Å². The van der Waals surface area contributed by atoms with Crippen molar-refractivity contribution >= 4 is 5.69 Å². The Hall–Kier alpha value is -1.84. The third-order valence-electron chi connectivity index (χ3n) is 3.15. The molecule has 0 heterocycles. The fourth-order valence-electron chi connectivity index (χ4n) is 2.09. The molecule has 2 aromatic carbocycles. The van der Waals surface area contributed by atoms with E-state index in [4.69, 9.17) is 10.8 Å². The van der Waals surface area contributed by atoms with E-state index in [9.17, 15) is 0 Å². The van der Waals surface area contributed by atoms with Gasteiger partial charge in [-0.05, 0) is 29.8 Å². The second kappa shape index (κ2) is 6.36. The minimum absolute atomic E-state index is 0.0939. The molecule has 0 bridgehead atoms. The zero-order valence-corrected chi connectivity index (χ0v) is 11.2. The van der Waals surface area contributed by atoms with Crippen LogP contribution in [0, 0.1) is 0 Å². The van der Waals surface area contributed by atoms with E-state index < -0.39 is 0 Å². The van der Waals surface area contributed by atoms with Crippen LogP contribution in [0.5, 0.6) is 0 Å². The Balaban J connectivity index is 1.97. The molecule has 3 N–H and O–H groups in total. The number of aliphatic hydroxyl groups is 1. The highest BCUT2D eigenvalue weighted by Gasteiger charge is 2.04. The van der Waals surface area contributed by atoms with Crippen molar-refractivity contribution in [2.45, 2.75) is 19.7 Å². The highest BCUT2D eigenvalue weighted by atomic mass is 16.3. The number of anilines is 1. The lowest BCUT2D eigenvalue weighted by Crippen LogP contribution is -2.18. The lowest BCUT2D eigenvalue weighted by atomic mass is 10.1. The molecule has 100 valence electrons. The summed E-state index contributed by atoms with van der Waals surface area (Å²) in [6.07, 6.45) is 0. The molecule has 0 saturated carbocycles. The van der Waals surface area contributed by atoms with Crippen molar-refractivity contribution < 1.29 is 5.11 Å². The molecule has 3 nitrogen and oxygen atoms in total. The monoisotopic (exact) mass is 256 g/mol. The first-order chi connectivity index (χ1) is 9.19. The van der Waals surface area contributed by atoms with Gasteiger partial charge in [-0.3, -0.25) is 4.90 Å². The maximum absolute atomic E-state index is 9.01. The van der Waals surface area contributed by atoms with Gasteiger partial charge in [0.15, 0.2) is 0 Å². The first-order valence-corrected chi connectivity index (χ1v) is 6.39. The molecule has 2 aromatic rings. The van der Waals surface area contributed by atoms with Crippen LogP contribution in [0.1, 0.15) is 16.7 Å². The predicted octanol–water partition coefficient (Wildman–Crippen LogP) is 2.39. The van der Waals surface area contributed by atoms with Gasteiger partial charge in [-0.25, -0.2) is 0 Å². The van der Waals surface area contributed by atoms with E-state index >= 15 is 0 Å². The molecule has 0 unspecified atom stereocenters. The highest BCUT2D eigenvalue weighted by Crippen LogP contribution is 2.14. The standard InChI is InChI=1S/C16H20N2O/c1-18(11-15-4-2-3-5-16(15)17)10-13-6-8-14(12-19)9-7-13/h2-9,19H,10-12,17H2,1H3. The van der Waals surface area contributed by atoms with Crippen molar-refractivity contribution in [3.8, 4) is 0 Å². The van der Waals surface area contributed by atoms with Crippen molar-refractivity contribution in [3.05, 3.63) is 65.2 Å². The van der Waals surface area contributed by atoms with Crippen LogP contribution in [0.2, 0.25) is 0 Å². The maximum Gasteiger partial charge on any atom is 0.0681 e. The van der Waals surface area contributed by atoms with Gasteiger partial charge < -0.3 is 10.8 Å². The lowest BCUT2D eigenvalue weighted by Gasteiger charge is -2.18. The third-order valence-corrected chi connectivity index (χ3v) is 3.15. The minimum atomic E-state index is 0.0939. The van der Waals surface area contributed by atoms with Crippen LogP contribution in [-0.4, -0.2) is 17.1 Å².